The van der Waals surface area contributed by atoms with Crippen LogP contribution in [-0.4, -0.2) is 29.5 Å². The first-order valence-electron chi connectivity index (χ1n) is 7.78. The molecule has 0 saturated heterocycles. The van der Waals surface area contributed by atoms with Crippen molar-refractivity contribution in [3.63, 3.8) is 0 Å². The van der Waals surface area contributed by atoms with Gasteiger partial charge in [-0.3, -0.25) is 14.9 Å². The molecule has 1 atom stereocenters. The SMILES string of the molecule is C[C@H](OC(=O)COc1ccccc1C#N)C(=O)Nc1ccccc1[N+](=O)[O-]. The fourth-order valence-corrected chi connectivity index (χ4v) is 2.08. The number of nitriles is 1. The molecule has 138 valence electrons. The van der Waals surface area contributed by atoms with Gasteiger partial charge in [-0.25, -0.2) is 4.79 Å². The van der Waals surface area contributed by atoms with Gasteiger partial charge in [0.1, 0.15) is 17.5 Å². The van der Waals surface area contributed by atoms with Crippen molar-refractivity contribution >= 4 is 23.3 Å². The predicted molar refractivity (Wildman–Crippen MR) is 93.9 cm³/mol. The zero-order chi connectivity index (χ0) is 19.8. The van der Waals surface area contributed by atoms with Gasteiger partial charge in [-0.15, -0.1) is 0 Å². The fourth-order valence-electron chi connectivity index (χ4n) is 2.08. The van der Waals surface area contributed by atoms with Crippen LogP contribution in [-0.2, 0) is 14.3 Å². The molecule has 0 aliphatic carbocycles. The highest BCUT2D eigenvalue weighted by atomic mass is 16.6. The summed E-state index contributed by atoms with van der Waals surface area (Å²) >= 11 is 0. The molecule has 1 amide bonds. The number of nitrogens with one attached hydrogen (secondary N) is 1. The number of amides is 1. The van der Waals surface area contributed by atoms with Crippen molar-refractivity contribution in [1.82, 2.24) is 0 Å². The minimum Gasteiger partial charge on any atom is -0.481 e. The third-order valence-electron chi connectivity index (χ3n) is 3.39. The summed E-state index contributed by atoms with van der Waals surface area (Å²) in [5, 5.41) is 22.3. The smallest absolute Gasteiger partial charge is 0.344 e. The molecule has 0 spiro atoms. The van der Waals surface area contributed by atoms with Crippen molar-refractivity contribution in [2.45, 2.75) is 13.0 Å². The van der Waals surface area contributed by atoms with Gasteiger partial charge in [0.15, 0.2) is 12.7 Å². The second-order valence-electron chi connectivity index (χ2n) is 5.29. The van der Waals surface area contributed by atoms with Crippen molar-refractivity contribution in [3.8, 4) is 11.8 Å². The predicted octanol–water partition coefficient (Wildman–Crippen LogP) is 2.42. The van der Waals surface area contributed by atoms with Crippen LogP contribution in [0.5, 0.6) is 5.75 Å². The maximum absolute atomic E-state index is 12.1. The third kappa shape index (κ3) is 5.27. The molecule has 0 heterocycles. The van der Waals surface area contributed by atoms with Gasteiger partial charge in [0.2, 0.25) is 0 Å². The molecule has 9 heteroatoms. The molecule has 0 aromatic heterocycles. The van der Waals surface area contributed by atoms with Crippen LogP contribution in [0.15, 0.2) is 48.5 Å². The van der Waals surface area contributed by atoms with E-state index in [1.54, 1.807) is 12.1 Å². The number of rotatable bonds is 7. The number of benzene rings is 2. The molecule has 2 rings (SSSR count). The number of hydrogen-bond acceptors (Lipinski definition) is 7. The maximum Gasteiger partial charge on any atom is 0.344 e. The van der Waals surface area contributed by atoms with Gasteiger partial charge in [-0.2, -0.15) is 5.26 Å². The van der Waals surface area contributed by atoms with E-state index in [-0.39, 0.29) is 22.7 Å². The Labute approximate surface area is 154 Å². The summed E-state index contributed by atoms with van der Waals surface area (Å²) in [6.07, 6.45) is -1.20. The monoisotopic (exact) mass is 369 g/mol. The first-order valence-corrected chi connectivity index (χ1v) is 7.78. The van der Waals surface area contributed by atoms with E-state index in [9.17, 15) is 19.7 Å². The van der Waals surface area contributed by atoms with Gasteiger partial charge in [-0.05, 0) is 25.1 Å². The summed E-state index contributed by atoms with van der Waals surface area (Å²) in [6, 6.07) is 13.9. The number of nitro groups is 1. The second-order valence-corrected chi connectivity index (χ2v) is 5.29. The Morgan fingerprint density at radius 1 is 1.22 bits per heavy atom. The van der Waals surface area contributed by atoms with E-state index in [2.05, 4.69) is 5.32 Å². The lowest BCUT2D eigenvalue weighted by molar-refractivity contribution is -0.383. The number of carbonyl (C=O) groups is 2. The topological polar surface area (TPSA) is 132 Å². The molecule has 2 aromatic carbocycles. The van der Waals surface area contributed by atoms with Gasteiger partial charge < -0.3 is 14.8 Å². The fraction of sp³-hybridized carbons (Fsp3) is 0.167. The quantitative estimate of drug-likeness (QED) is 0.450. The molecule has 0 fully saturated rings. The average Bonchev–Trinajstić information content (AvgIpc) is 2.66. The second kappa shape index (κ2) is 8.96. The Morgan fingerprint density at radius 3 is 2.59 bits per heavy atom. The third-order valence-corrected chi connectivity index (χ3v) is 3.39. The zero-order valence-corrected chi connectivity index (χ0v) is 14.2. The van der Waals surface area contributed by atoms with Gasteiger partial charge in [0.25, 0.3) is 11.6 Å². The summed E-state index contributed by atoms with van der Waals surface area (Å²) in [5.74, 6) is -1.34. The van der Waals surface area contributed by atoms with Crippen LogP contribution >= 0.6 is 0 Å². The van der Waals surface area contributed by atoms with Crippen LogP contribution in [0.2, 0.25) is 0 Å². The first kappa shape index (κ1) is 19.4. The van der Waals surface area contributed by atoms with Gasteiger partial charge >= 0.3 is 5.97 Å². The van der Waals surface area contributed by atoms with Crippen LogP contribution in [0.4, 0.5) is 11.4 Å². The summed E-state index contributed by atoms with van der Waals surface area (Å²) < 4.78 is 10.2. The molecule has 0 saturated carbocycles. The van der Waals surface area contributed by atoms with E-state index in [0.717, 1.165) is 0 Å². The molecule has 9 nitrogen and oxygen atoms in total. The highest BCUT2D eigenvalue weighted by Gasteiger charge is 2.22. The van der Waals surface area contributed by atoms with E-state index in [4.69, 9.17) is 14.7 Å². The molecule has 1 N–H and O–H groups in total. The van der Waals surface area contributed by atoms with Gasteiger partial charge in [0.05, 0.1) is 10.5 Å². The van der Waals surface area contributed by atoms with Crippen molar-refractivity contribution in [3.05, 3.63) is 64.2 Å². The Hall–Kier alpha value is -3.93. The lowest BCUT2D eigenvalue weighted by atomic mass is 10.2. The zero-order valence-electron chi connectivity index (χ0n) is 14.2. The Balaban J connectivity index is 1.92. The molecular formula is C18H15N3O6. The van der Waals surface area contributed by atoms with Crippen LogP contribution < -0.4 is 10.1 Å². The van der Waals surface area contributed by atoms with Crippen molar-refractivity contribution in [2.75, 3.05) is 11.9 Å². The largest absolute Gasteiger partial charge is 0.481 e. The van der Waals surface area contributed by atoms with Crippen LogP contribution in [0.25, 0.3) is 0 Å². The number of ether oxygens (including phenoxy) is 2. The molecular weight excluding hydrogens is 354 g/mol. The number of nitro benzene ring substituents is 1. The molecule has 27 heavy (non-hydrogen) atoms. The van der Waals surface area contributed by atoms with Crippen molar-refractivity contribution in [1.29, 1.82) is 5.26 Å². The first-order chi connectivity index (χ1) is 12.9. The normalized spacial score (nSPS) is 11.0. The average molecular weight is 369 g/mol. The minimum absolute atomic E-state index is 0.00500. The lowest BCUT2D eigenvalue weighted by Gasteiger charge is -2.14. The number of nitrogens with zero attached hydrogens (tertiary/aromatic N) is 2. The molecule has 0 aliphatic heterocycles. The molecule has 2 aromatic rings. The van der Waals surface area contributed by atoms with Gasteiger partial charge in [0, 0.05) is 6.07 Å². The summed E-state index contributed by atoms with van der Waals surface area (Å²) in [4.78, 5) is 34.3. The summed E-state index contributed by atoms with van der Waals surface area (Å²) in [6.45, 7) is 0.826. The van der Waals surface area contributed by atoms with E-state index < -0.39 is 29.5 Å². The van der Waals surface area contributed by atoms with Crippen LogP contribution in [0, 0.1) is 21.4 Å². The van der Waals surface area contributed by atoms with E-state index in [1.807, 2.05) is 6.07 Å². The minimum atomic E-state index is -1.20. The maximum atomic E-state index is 12.1. The standard InChI is InChI=1S/C18H15N3O6/c1-12(18(23)20-14-7-3-4-8-15(14)21(24)25)27-17(22)11-26-16-9-5-2-6-13(16)10-19/h2-9,12H,11H2,1H3,(H,20,23)/t12-/m0/s1. The number of hydrogen-bond donors (Lipinski definition) is 1. The van der Waals surface area contributed by atoms with E-state index >= 15 is 0 Å². The number of carbonyl (C=O) groups excluding carboxylic acids is 2. The molecule has 0 radical (unpaired) electrons. The highest BCUT2D eigenvalue weighted by Crippen LogP contribution is 2.23. The van der Waals surface area contributed by atoms with Crippen molar-refractivity contribution in [2.24, 2.45) is 0 Å². The van der Waals surface area contributed by atoms with Crippen LogP contribution in [0.1, 0.15) is 12.5 Å². The van der Waals surface area contributed by atoms with E-state index in [0.29, 0.717) is 0 Å². The Bertz CT molecular complexity index is 906. The van der Waals surface area contributed by atoms with Crippen molar-refractivity contribution < 1.29 is 24.0 Å². The number of para-hydroxylation sites is 3. The summed E-state index contributed by atoms with van der Waals surface area (Å²) in [7, 11) is 0. The van der Waals surface area contributed by atoms with E-state index in [1.165, 1.54) is 43.3 Å². The Kier molecular flexibility index (Phi) is 6.44. The van der Waals surface area contributed by atoms with Crippen LogP contribution in [0.3, 0.4) is 0 Å². The number of esters is 1. The molecule has 0 aliphatic rings. The van der Waals surface area contributed by atoms with Gasteiger partial charge in [-0.1, -0.05) is 24.3 Å². The molecule has 0 unspecified atom stereocenters. The highest BCUT2D eigenvalue weighted by molar-refractivity contribution is 5.96. The molecule has 0 bridgehead atoms. The Morgan fingerprint density at radius 2 is 1.89 bits per heavy atom. The summed E-state index contributed by atoms with van der Waals surface area (Å²) in [5.41, 5.74) is -0.0251. The lowest BCUT2D eigenvalue weighted by Crippen LogP contribution is -2.31. The number of anilines is 1.